The summed E-state index contributed by atoms with van der Waals surface area (Å²) in [4.78, 5) is 27.3. The van der Waals surface area contributed by atoms with Crippen LogP contribution in [0.15, 0.2) is 52.5 Å². The minimum atomic E-state index is -4.49. The van der Waals surface area contributed by atoms with Gasteiger partial charge in [0.2, 0.25) is 5.91 Å². The first-order valence-corrected chi connectivity index (χ1v) is 10.4. The van der Waals surface area contributed by atoms with E-state index in [9.17, 15) is 31.2 Å². The number of thioether (sulfide) groups is 1. The Bertz CT molecular complexity index is 960. The highest BCUT2D eigenvalue weighted by Crippen LogP contribution is 2.29. The Hall–Kier alpha value is -2.60. The van der Waals surface area contributed by atoms with Gasteiger partial charge in [-0.05, 0) is 36.4 Å². The summed E-state index contributed by atoms with van der Waals surface area (Å²) in [5.41, 5.74) is 3.53. The Labute approximate surface area is 162 Å². The van der Waals surface area contributed by atoms with Crippen LogP contribution in [0.2, 0.25) is 0 Å². The molecular formula is C16H14F3N3O4S2. The summed E-state index contributed by atoms with van der Waals surface area (Å²) >= 11 is 0.892. The van der Waals surface area contributed by atoms with Crippen LogP contribution in [0.3, 0.4) is 0 Å². The van der Waals surface area contributed by atoms with Crippen molar-refractivity contribution < 1.29 is 31.2 Å². The summed E-state index contributed by atoms with van der Waals surface area (Å²) in [5.74, 6) is -1.45. The fourth-order valence-electron chi connectivity index (χ4n) is 1.86. The molecule has 0 saturated carbocycles. The molecule has 0 unspecified atom stereocenters. The topological polar surface area (TPSA) is 105 Å². The van der Waals surface area contributed by atoms with Crippen LogP contribution >= 0.6 is 11.8 Å². The number of hydrazine groups is 1. The van der Waals surface area contributed by atoms with Gasteiger partial charge in [-0.1, -0.05) is 11.8 Å². The zero-order valence-corrected chi connectivity index (χ0v) is 15.9. The quantitative estimate of drug-likeness (QED) is 0.553. The molecule has 150 valence electrons. The maximum atomic E-state index is 12.4. The van der Waals surface area contributed by atoms with Gasteiger partial charge in [0.05, 0.1) is 21.2 Å². The molecule has 0 saturated heterocycles. The molecular weight excluding hydrogens is 419 g/mol. The number of aromatic nitrogens is 1. The minimum Gasteiger partial charge on any atom is -0.272 e. The zero-order valence-electron chi connectivity index (χ0n) is 14.3. The van der Waals surface area contributed by atoms with E-state index in [2.05, 4.69) is 15.8 Å². The standard InChI is InChI=1S/C16H14F3N3O4S2/c1-28(25,26)12-5-2-10(3-6-12)15(24)22-21-13(23)9-27-14-7-4-11(8-20-14)16(17,18)19/h2-8H,9H2,1H3,(H,21,23)(H,22,24). The average molecular weight is 433 g/mol. The molecule has 1 aromatic heterocycles. The summed E-state index contributed by atoms with van der Waals surface area (Å²) < 4.78 is 60.1. The molecule has 0 aliphatic carbocycles. The van der Waals surface area contributed by atoms with Gasteiger partial charge in [0.25, 0.3) is 5.91 Å². The van der Waals surface area contributed by atoms with Gasteiger partial charge >= 0.3 is 6.18 Å². The van der Waals surface area contributed by atoms with Crippen molar-refractivity contribution in [3.63, 3.8) is 0 Å². The molecule has 1 heterocycles. The monoisotopic (exact) mass is 433 g/mol. The molecule has 2 N–H and O–H groups in total. The molecule has 0 spiro atoms. The summed E-state index contributed by atoms with van der Waals surface area (Å²) in [6, 6.07) is 7.10. The molecule has 0 aliphatic rings. The first kappa shape index (κ1) is 21.7. The predicted octanol–water partition coefficient (Wildman–Crippen LogP) is 2.06. The molecule has 0 radical (unpaired) electrons. The number of alkyl halides is 3. The number of nitrogens with zero attached hydrogens (tertiary/aromatic N) is 1. The zero-order chi connectivity index (χ0) is 20.9. The first-order valence-electron chi connectivity index (χ1n) is 7.52. The number of benzene rings is 1. The van der Waals surface area contributed by atoms with E-state index in [1.807, 2.05) is 0 Å². The van der Waals surface area contributed by atoms with E-state index in [1.165, 1.54) is 24.3 Å². The van der Waals surface area contributed by atoms with Crippen molar-refractivity contribution in [2.24, 2.45) is 0 Å². The fourth-order valence-corrected chi connectivity index (χ4v) is 3.13. The molecule has 12 heteroatoms. The maximum absolute atomic E-state index is 12.4. The Kier molecular flexibility index (Phi) is 6.67. The summed E-state index contributed by atoms with van der Waals surface area (Å²) in [7, 11) is -3.39. The van der Waals surface area contributed by atoms with Gasteiger partial charge in [-0.15, -0.1) is 0 Å². The number of carbonyl (C=O) groups excluding carboxylic acids is 2. The van der Waals surface area contributed by atoms with Crippen LogP contribution in [-0.4, -0.2) is 37.2 Å². The van der Waals surface area contributed by atoms with Crippen LogP contribution in [-0.2, 0) is 20.8 Å². The Morgan fingerprint density at radius 3 is 2.21 bits per heavy atom. The molecule has 1 aromatic carbocycles. The molecule has 7 nitrogen and oxygen atoms in total. The third-order valence-electron chi connectivity index (χ3n) is 3.27. The number of nitrogens with one attached hydrogen (secondary N) is 2. The number of amides is 2. The van der Waals surface area contributed by atoms with Gasteiger partial charge < -0.3 is 0 Å². The van der Waals surface area contributed by atoms with Crippen LogP contribution in [0.1, 0.15) is 15.9 Å². The maximum Gasteiger partial charge on any atom is 0.417 e. The van der Waals surface area contributed by atoms with Crippen molar-refractivity contribution in [1.82, 2.24) is 15.8 Å². The van der Waals surface area contributed by atoms with Crippen molar-refractivity contribution >= 4 is 33.4 Å². The van der Waals surface area contributed by atoms with Crippen molar-refractivity contribution in [3.05, 3.63) is 53.7 Å². The number of pyridine rings is 1. The van der Waals surface area contributed by atoms with E-state index < -0.39 is 33.4 Å². The number of hydrogen-bond donors (Lipinski definition) is 2. The van der Waals surface area contributed by atoms with E-state index >= 15 is 0 Å². The van der Waals surface area contributed by atoms with Gasteiger partial charge in [-0.3, -0.25) is 20.4 Å². The number of rotatable bonds is 5. The van der Waals surface area contributed by atoms with Crippen molar-refractivity contribution in [2.45, 2.75) is 16.1 Å². The van der Waals surface area contributed by atoms with Crippen LogP contribution in [0.4, 0.5) is 13.2 Å². The fraction of sp³-hybridized carbons (Fsp3) is 0.188. The lowest BCUT2D eigenvalue weighted by molar-refractivity contribution is -0.137. The molecule has 28 heavy (non-hydrogen) atoms. The minimum absolute atomic E-state index is 0.0496. The van der Waals surface area contributed by atoms with E-state index in [0.29, 0.717) is 6.20 Å². The summed E-state index contributed by atoms with van der Waals surface area (Å²) in [6.45, 7) is 0. The largest absolute Gasteiger partial charge is 0.417 e. The number of hydrogen-bond acceptors (Lipinski definition) is 6. The summed E-state index contributed by atoms with van der Waals surface area (Å²) in [5, 5.41) is 0.214. The lowest BCUT2D eigenvalue weighted by Crippen LogP contribution is -2.42. The molecule has 0 bridgehead atoms. The van der Waals surface area contributed by atoms with Crippen molar-refractivity contribution in [3.8, 4) is 0 Å². The van der Waals surface area contributed by atoms with E-state index in [-0.39, 0.29) is 21.2 Å². The molecule has 2 aromatic rings. The highest BCUT2D eigenvalue weighted by molar-refractivity contribution is 7.99. The Morgan fingerprint density at radius 2 is 1.71 bits per heavy atom. The van der Waals surface area contributed by atoms with E-state index in [4.69, 9.17) is 0 Å². The van der Waals surface area contributed by atoms with Crippen molar-refractivity contribution in [2.75, 3.05) is 12.0 Å². The Morgan fingerprint density at radius 1 is 1.07 bits per heavy atom. The third kappa shape index (κ3) is 6.23. The second kappa shape index (κ2) is 8.61. The highest BCUT2D eigenvalue weighted by atomic mass is 32.2. The Balaban J connectivity index is 1.83. The second-order valence-corrected chi connectivity index (χ2v) is 8.48. The molecule has 0 aliphatic heterocycles. The van der Waals surface area contributed by atoms with Crippen LogP contribution < -0.4 is 10.9 Å². The van der Waals surface area contributed by atoms with Crippen LogP contribution in [0.25, 0.3) is 0 Å². The SMILES string of the molecule is CS(=O)(=O)c1ccc(C(=O)NNC(=O)CSc2ccc(C(F)(F)F)cn2)cc1. The molecule has 2 amide bonds. The predicted molar refractivity (Wildman–Crippen MR) is 95.1 cm³/mol. The van der Waals surface area contributed by atoms with E-state index in [1.54, 1.807) is 0 Å². The number of halogens is 3. The lowest BCUT2D eigenvalue weighted by atomic mass is 10.2. The normalized spacial score (nSPS) is 11.7. The number of carbonyl (C=O) groups is 2. The second-order valence-electron chi connectivity index (χ2n) is 5.47. The smallest absolute Gasteiger partial charge is 0.272 e. The van der Waals surface area contributed by atoms with Gasteiger partial charge in [0.15, 0.2) is 9.84 Å². The first-order chi connectivity index (χ1) is 13.0. The van der Waals surface area contributed by atoms with Crippen LogP contribution in [0.5, 0.6) is 0 Å². The molecule has 0 fully saturated rings. The highest BCUT2D eigenvalue weighted by Gasteiger charge is 2.30. The molecule has 0 atom stereocenters. The lowest BCUT2D eigenvalue weighted by Gasteiger charge is -2.08. The van der Waals surface area contributed by atoms with E-state index in [0.717, 1.165) is 30.2 Å². The third-order valence-corrected chi connectivity index (χ3v) is 5.35. The molecule has 2 rings (SSSR count). The summed E-state index contributed by atoms with van der Waals surface area (Å²) in [6.07, 6.45) is -2.79. The van der Waals surface area contributed by atoms with Crippen LogP contribution in [0, 0.1) is 0 Å². The van der Waals surface area contributed by atoms with Gasteiger partial charge in [0.1, 0.15) is 0 Å². The van der Waals surface area contributed by atoms with Gasteiger partial charge in [-0.2, -0.15) is 13.2 Å². The van der Waals surface area contributed by atoms with Gasteiger partial charge in [-0.25, -0.2) is 13.4 Å². The van der Waals surface area contributed by atoms with Gasteiger partial charge in [0, 0.05) is 18.0 Å². The number of sulfone groups is 1. The average Bonchev–Trinajstić information content (AvgIpc) is 2.63. The van der Waals surface area contributed by atoms with Crippen molar-refractivity contribution in [1.29, 1.82) is 0 Å².